The van der Waals surface area contributed by atoms with Crippen LogP contribution in [0, 0.1) is 0 Å². The summed E-state index contributed by atoms with van der Waals surface area (Å²) >= 11 is 11.7. The van der Waals surface area contributed by atoms with Crippen LogP contribution in [0.15, 0.2) is 41.4 Å². The lowest BCUT2D eigenvalue weighted by Crippen LogP contribution is -2.41. The van der Waals surface area contributed by atoms with Gasteiger partial charge in [0.05, 0.1) is 4.90 Å². The molecule has 2 N–H and O–H groups in total. The van der Waals surface area contributed by atoms with Gasteiger partial charge in [-0.2, -0.15) is 0 Å². The van der Waals surface area contributed by atoms with Crippen LogP contribution in [0.4, 0.5) is 0 Å². The van der Waals surface area contributed by atoms with E-state index in [2.05, 4.69) is 5.32 Å². The molecule has 1 amide bonds. The summed E-state index contributed by atoms with van der Waals surface area (Å²) in [5.41, 5.74) is -0.214. The van der Waals surface area contributed by atoms with E-state index in [1.165, 1.54) is 36.5 Å². The molecular weight excluding hydrogens is 415 g/mol. The van der Waals surface area contributed by atoms with Crippen molar-refractivity contribution in [2.24, 2.45) is 0 Å². The fraction of sp³-hybridized carbons (Fsp3) is 0.294. The van der Waals surface area contributed by atoms with Crippen molar-refractivity contribution in [1.29, 1.82) is 0 Å². The third-order valence-electron chi connectivity index (χ3n) is 3.79. The molecule has 27 heavy (non-hydrogen) atoms. The molecule has 0 saturated heterocycles. The van der Waals surface area contributed by atoms with E-state index in [0.29, 0.717) is 6.42 Å². The molecule has 0 spiro atoms. The number of hydrogen-bond acceptors (Lipinski definition) is 4. The number of hydrogen-bond donors (Lipinski definition) is 2. The Morgan fingerprint density at radius 2 is 1.85 bits per heavy atom. The monoisotopic (exact) mass is 432 g/mol. The van der Waals surface area contributed by atoms with Crippen molar-refractivity contribution >= 4 is 45.1 Å². The number of rotatable bonds is 8. The predicted molar refractivity (Wildman–Crippen MR) is 102 cm³/mol. The Morgan fingerprint density at radius 3 is 2.41 bits per heavy atom. The standard InChI is InChI=1S/C17H18Cl2N2O5S/c1-2-3-5-14(17(23)24)20-16(22)15-6-4-7-21(15)27(25,26)13-9-11(18)8-12(19)10-13/h4,6-10,14H,2-3,5H2,1H3,(H,20,22)(H,23,24)/t14-/m0/s1. The first-order chi connectivity index (χ1) is 12.7. The van der Waals surface area contributed by atoms with Crippen LogP contribution < -0.4 is 5.32 Å². The Morgan fingerprint density at radius 1 is 1.22 bits per heavy atom. The van der Waals surface area contributed by atoms with Gasteiger partial charge in [0.2, 0.25) is 0 Å². The van der Waals surface area contributed by atoms with E-state index in [-0.39, 0.29) is 27.1 Å². The first-order valence-corrected chi connectivity index (χ1v) is 10.3. The average Bonchev–Trinajstić information content (AvgIpc) is 3.08. The normalized spacial score (nSPS) is 12.6. The van der Waals surface area contributed by atoms with E-state index >= 15 is 0 Å². The quantitative estimate of drug-likeness (QED) is 0.664. The molecule has 1 heterocycles. The average molecular weight is 433 g/mol. The predicted octanol–water partition coefficient (Wildman–Crippen LogP) is 3.41. The number of carboxylic acids is 1. The number of unbranched alkanes of at least 4 members (excludes halogenated alkanes) is 1. The number of nitrogens with one attached hydrogen (secondary N) is 1. The maximum atomic E-state index is 12.9. The fourth-order valence-electron chi connectivity index (χ4n) is 2.44. The molecule has 0 aliphatic carbocycles. The van der Waals surface area contributed by atoms with Crippen LogP contribution in [0.3, 0.4) is 0 Å². The van der Waals surface area contributed by atoms with Crippen LogP contribution in [-0.4, -0.2) is 35.4 Å². The molecule has 0 radical (unpaired) electrons. The molecule has 146 valence electrons. The highest BCUT2D eigenvalue weighted by molar-refractivity contribution is 7.90. The summed E-state index contributed by atoms with van der Waals surface area (Å²) in [5.74, 6) is -1.99. The topological polar surface area (TPSA) is 105 Å². The fourth-order valence-corrected chi connectivity index (χ4v) is 4.51. The first-order valence-electron chi connectivity index (χ1n) is 8.09. The molecule has 1 aromatic carbocycles. The Hall–Kier alpha value is -2.03. The van der Waals surface area contributed by atoms with Gasteiger partial charge in [0, 0.05) is 16.2 Å². The van der Waals surface area contributed by atoms with E-state index in [4.69, 9.17) is 23.2 Å². The van der Waals surface area contributed by atoms with Crippen LogP contribution in [0.2, 0.25) is 10.0 Å². The van der Waals surface area contributed by atoms with Gasteiger partial charge in [0.1, 0.15) is 11.7 Å². The van der Waals surface area contributed by atoms with Crippen molar-refractivity contribution in [3.8, 4) is 0 Å². The molecule has 2 rings (SSSR count). The van der Waals surface area contributed by atoms with Gasteiger partial charge in [-0.25, -0.2) is 17.2 Å². The van der Waals surface area contributed by atoms with Crippen molar-refractivity contribution in [2.75, 3.05) is 0 Å². The van der Waals surface area contributed by atoms with Gasteiger partial charge in [-0.15, -0.1) is 0 Å². The molecule has 10 heteroatoms. The molecule has 0 unspecified atom stereocenters. The van der Waals surface area contributed by atoms with Crippen molar-refractivity contribution < 1.29 is 23.1 Å². The summed E-state index contributed by atoms with van der Waals surface area (Å²) < 4.78 is 26.5. The highest BCUT2D eigenvalue weighted by Gasteiger charge is 2.26. The van der Waals surface area contributed by atoms with Crippen LogP contribution in [0.5, 0.6) is 0 Å². The highest BCUT2D eigenvalue weighted by Crippen LogP contribution is 2.25. The zero-order chi connectivity index (χ0) is 20.2. The number of aromatic nitrogens is 1. The SMILES string of the molecule is CCCC[C@H](NC(=O)c1cccn1S(=O)(=O)c1cc(Cl)cc(Cl)c1)C(=O)O. The summed E-state index contributed by atoms with van der Waals surface area (Å²) in [5, 5.41) is 11.9. The number of nitrogens with zero attached hydrogens (tertiary/aromatic N) is 1. The summed E-state index contributed by atoms with van der Waals surface area (Å²) in [6.07, 6.45) is 2.81. The zero-order valence-corrected chi connectivity index (χ0v) is 16.7. The highest BCUT2D eigenvalue weighted by atomic mass is 35.5. The van der Waals surface area contributed by atoms with E-state index in [1.54, 1.807) is 0 Å². The van der Waals surface area contributed by atoms with Crippen molar-refractivity contribution in [3.63, 3.8) is 0 Å². The third-order valence-corrected chi connectivity index (χ3v) is 5.89. The van der Waals surface area contributed by atoms with Gasteiger partial charge in [-0.3, -0.25) is 4.79 Å². The Balaban J connectivity index is 2.36. The Kier molecular flexibility index (Phi) is 6.91. The minimum Gasteiger partial charge on any atom is -0.480 e. The molecule has 0 aliphatic rings. The van der Waals surface area contributed by atoms with Gasteiger partial charge in [-0.05, 0) is 36.8 Å². The second-order valence-electron chi connectivity index (χ2n) is 5.81. The second kappa shape index (κ2) is 8.77. The van der Waals surface area contributed by atoms with Gasteiger partial charge in [-0.1, -0.05) is 43.0 Å². The van der Waals surface area contributed by atoms with Crippen molar-refractivity contribution in [2.45, 2.75) is 37.1 Å². The van der Waals surface area contributed by atoms with E-state index in [9.17, 15) is 23.1 Å². The minimum atomic E-state index is -4.15. The number of benzene rings is 1. The van der Waals surface area contributed by atoms with E-state index in [1.807, 2.05) is 6.92 Å². The molecular formula is C17H18Cl2N2O5S. The Labute approximate surface area is 166 Å². The molecule has 2 aromatic rings. The van der Waals surface area contributed by atoms with Gasteiger partial charge in [0.25, 0.3) is 15.9 Å². The maximum Gasteiger partial charge on any atom is 0.326 e. The molecule has 7 nitrogen and oxygen atoms in total. The number of amides is 1. The van der Waals surface area contributed by atoms with Gasteiger partial charge in [0.15, 0.2) is 0 Å². The van der Waals surface area contributed by atoms with E-state index < -0.39 is 27.9 Å². The van der Waals surface area contributed by atoms with Crippen LogP contribution in [0.1, 0.15) is 36.7 Å². The lowest BCUT2D eigenvalue weighted by molar-refractivity contribution is -0.139. The summed E-state index contributed by atoms with van der Waals surface area (Å²) in [4.78, 5) is 23.6. The first kappa shape index (κ1) is 21.3. The number of carboxylic acid groups (broad SMARTS) is 1. The third kappa shape index (κ3) is 5.03. The number of carbonyl (C=O) groups is 2. The summed E-state index contributed by atoms with van der Waals surface area (Å²) in [7, 11) is -4.15. The number of halogens is 2. The minimum absolute atomic E-state index is 0.129. The van der Waals surface area contributed by atoms with Crippen LogP contribution >= 0.6 is 23.2 Å². The van der Waals surface area contributed by atoms with Crippen LogP contribution in [-0.2, 0) is 14.8 Å². The summed E-state index contributed by atoms with van der Waals surface area (Å²) in [6.45, 7) is 1.90. The molecule has 0 bridgehead atoms. The second-order valence-corrected chi connectivity index (χ2v) is 8.49. The summed E-state index contributed by atoms with van der Waals surface area (Å²) in [6, 6.07) is 5.37. The smallest absolute Gasteiger partial charge is 0.326 e. The van der Waals surface area contributed by atoms with Crippen molar-refractivity contribution in [3.05, 3.63) is 52.3 Å². The molecule has 0 aliphatic heterocycles. The largest absolute Gasteiger partial charge is 0.480 e. The van der Waals surface area contributed by atoms with Gasteiger partial charge < -0.3 is 10.4 Å². The molecule has 1 atom stereocenters. The molecule has 1 aromatic heterocycles. The van der Waals surface area contributed by atoms with Crippen molar-refractivity contribution in [1.82, 2.24) is 9.29 Å². The zero-order valence-electron chi connectivity index (χ0n) is 14.4. The van der Waals surface area contributed by atoms with E-state index in [0.717, 1.165) is 10.4 Å². The Bertz CT molecular complexity index is 936. The maximum absolute atomic E-state index is 12.9. The van der Waals surface area contributed by atoms with Crippen LogP contribution in [0.25, 0.3) is 0 Å². The van der Waals surface area contributed by atoms with Gasteiger partial charge >= 0.3 is 5.97 Å². The lowest BCUT2D eigenvalue weighted by Gasteiger charge is -2.15. The number of carbonyl (C=O) groups excluding carboxylic acids is 1. The lowest BCUT2D eigenvalue weighted by atomic mass is 10.1. The number of aliphatic carboxylic acids is 1. The molecule has 0 saturated carbocycles. The molecule has 0 fully saturated rings.